The lowest BCUT2D eigenvalue weighted by Crippen LogP contribution is -2.03. The van der Waals surface area contributed by atoms with Gasteiger partial charge in [0.2, 0.25) is 5.95 Å². The summed E-state index contributed by atoms with van der Waals surface area (Å²) in [5.74, 6) is 0.650. The van der Waals surface area contributed by atoms with Crippen LogP contribution in [0.5, 0.6) is 0 Å². The first-order valence-electron chi connectivity index (χ1n) is 16.1. The second kappa shape index (κ2) is 10.2. The fraction of sp³-hybridized carbons (Fsp3) is 0. The van der Waals surface area contributed by atoms with E-state index in [9.17, 15) is 0 Å². The van der Waals surface area contributed by atoms with Crippen LogP contribution in [0.15, 0.2) is 140 Å². The normalized spacial score (nSPS) is 12.1. The molecule has 0 amide bonds. The quantitative estimate of drug-likeness (QED) is 0.189. The van der Waals surface area contributed by atoms with Crippen molar-refractivity contribution in [3.05, 3.63) is 140 Å². The molecule has 0 spiro atoms. The Labute approximate surface area is 287 Å². The Morgan fingerprint density at radius 2 is 1.20 bits per heavy atom. The molecule has 7 heteroatoms. The van der Waals surface area contributed by atoms with Gasteiger partial charge in [-0.15, -0.1) is 22.7 Å². The number of aromatic nitrogens is 5. The molecule has 0 saturated carbocycles. The molecule has 11 rings (SSSR count). The standard InChI is InChI=1S/C42H23N5S2/c1-2-10-24(11-3-1)25-18-20-26(21-19-25)37-27-12-4-7-15-30(27)45-42(46-37)47-31-16-8-5-13-28(31)35-39(47)41-36(38-33(49-41)22-43-23-44-38)34-29-14-6-9-17-32(29)48-40(34)35/h1-23H. The van der Waals surface area contributed by atoms with Gasteiger partial charge in [-0.05, 0) is 29.3 Å². The number of para-hydroxylation sites is 2. The molecule has 0 unspecified atom stereocenters. The van der Waals surface area contributed by atoms with Gasteiger partial charge in [0.1, 0.15) is 6.33 Å². The summed E-state index contributed by atoms with van der Waals surface area (Å²) in [4.78, 5) is 20.0. The van der Waals surface area contributed by atoms with E-state index in [2.05, 4.69) is 131 Å². The number of rotatable bonds is 3. The highest BCUT2D eigenvalue weighted by Crippen LogP contribution is 2.51. The molecule has 0 radical (unpaired) electrons. The average molecular weight is 662 g/mol. The van der Waals surface area contributed by atoms with Crippen molar-refractivity contribution in [2.24, 2.45) is 0 Å². The maximum atomic E-state index is 5.43. The highest BCUT2D eigenvalue weighted by atomic mass is 32.1. The Morgan fingerprint density at radius 1 is 0.510 bits per heavy atom. The molecular formula is C42H23N5S2. The average Bonchev–Trinajstić information content (AvgIpc) is 3.85. The predicted octanol–water partition coefficient (Wildman–Crippen LogP) is 11.6. The summed E-state index contributed by atoms with van der Waals surface area (Å²) in [6, 6.07) is 44.9. The van der Waals surface area contributed by atoms with Gasteiger partial charge < -0.3 is 0 Å². The molecule has 5 nitrogen and oxygen atoms in total. The number of hydrogen-bond acceptors (Lipinski definition) is 6. The van der Waals surface area contributed by atoms with Crippen molar-refractivity contribution < 1.29 is 0 Å². The molecule has 0 aliphatic heterocycles. The Hall–Kier alpha value is -6.02. The third kappa shape index (κ3) is 3.85. The Bertz CT molecular complexity index is 3100. The summed E-state index contributed by atoms with van der Waals surface area (Å²) >= 11 is 3.60. The first kappa shape index (κ1) is 27.0. The van der Waals surface area contributed by atoms with E-state index in [1.807, 2.05) is 23.6 Å². The van der Waals surface area contributed by atoms with Gasteiger partial charge in [0.15, 0.2) is 0 Å². The van der Waals surface area contributed by atoms with Gasteiger partial charge in [-0.2, -0.15) is 0 Å². The van der Waals surface area contributed by atoms with Crippen LogP contribution in [0.3, 0.4) is 0 Å². The zero-order valence-corrected chi connectivity index (χ0v) is 27.5. The molecule has 11 aromatic rings. The van der Waals surface area contributed by atoms with Crippen molar-refractivity contribution in [1.82, 2.24) is 24.5 Å². The second-order valence-corrected chi connectivity index (χ2v) is 14.4. The Balaban J connectivity index is 1.28. The van der Waals surface area contributed by atoms with Crippen molar-refractivity contribution in [2.45, 2.75) is 0 Å². The summed E-state index contributed by atoms with van der Waals surface area (Å²) in [6.45, 7) is 0. The van der Waals surface area contributed by atoms with E-state index in [1.54, 1.807) is 17.7 Å². The van der Waals surface area contributed by atoms with E-state index in [-0.39, 0.29) is 0 Å². The summed E-state index contributed by atoms with van der Waals surface area (Å²) in [5, 5.41) is 7.12. The van der Waals surface area contributed by atoms with Gasteiger partial charge >= 0.3 is 0 Å². The van der Waals surface area contributed by atoms with Gasteiger partial charge in [0.25, 0.3) is 0 Å². The number of hydrogen-bond donors (Lipinski definition) is 0. The van der Waals surface area contributed by atoms with Crippen molar-refractivity contribution in [2.75, 3.05) is 0 Å². The predicted molar refractivity (Wildman–Crippen MR) is 206 cm³/mol. The molecule has 0 aliphatic carbocycles. The molecule has 6 aromatic carbocycles. The fourth-order valence-corrected chi connectivity index (χ4v) is 9.89. The third-order valence-electron chi connectivity index (χ3n) is 9.57. The molecular weight excluding hydrogens is 639 g/mol. The van der Waals surface area contributed by atoms with Gasteiger partial charge in [-0.1, -0.05) is 109 Å². The van der Waals surface area contributed by atoms with E-state index in [0.29, 0.717) is 5.95 Å². The maximum absolute atomic E-state index is 5.43. The van der Waals surface area contributed by atoms with E-state index < -0.39 is 0 Å². The summed E-state index contributed by atoms with van der Waals surface area (Å²) < 4.78 is 7.04. The van der Waals surface area contributed by atoms with E-state index >= 15 is 0 Å². The van der Waals surface area contributed by atoms with E-state index in [4.69, 9.17) is 15.0 Å². The van der Waals surface area contributed by atoms with Gasteiger partial charge in [0, 0.05) is 53.5 Å². The second-order valence-electron chi connectivity index (χ2n) is 12.3. The van der Waals surface area contributed by atoms with Crippen LogP contribution in [0.25, 0.3) is 102 Å². The van der Waals surface area contributed by atoms with Gasteiger partial charge in [-0.25, -0.2) is 19.9 Å². The van der Waals surface area contributed by atoms with Crippen molar-refractivity contribution in [3.63, 3.8) is 0 Å². The maximum Gasteiger partial charge on any atom is 0.235 e. The summed E-state index contributed by atoms with van der Waals surface area (Å²) in [6.07, 6.45) is 3.60. The topological polar surface area (TPSA) is 56.5 Å². The number of nitrogens with zero attached hydrogens (tertiary/aromatic N) is 5. The molecule has 0 fully saturated rings. The zero-order chi connectivity index (χ0) is 32.1. The minimum Gasteiger partial charge on any atom is -0.276 e. The molecule has 0 N–H and O–H groups in total. The summed E-state index contributed by atoms with van der Waals surface area (Å²) in [7, 11) is 0. The number of thiophene rings is 2. The molecule has 5 heterocycles. The lowest BCUT2D eigenvalue weighted by atomic mass is 10.0. The van der Waals surface area contributed by atoms with Crippen molar-refractivity contribution >= 4 is 95.9 Å². The first-order valence-corrected chi connectivity index (χ1v) is 17.8. The molecule has 0 aliphatic rings. The third-order valence-corrected chi connectivity index (χ3v) is 11.9. The van der Waals surface area contributed by atoms with Crippen LogP contribution >= 0.6 is 22.7 Å². The molecule has 0 atom stereocenters. The highest BCUT2D eigenvalue weighted by molar-refractivity contribution is 7.29. The van der Waals surface area contributed by atoms with E-state index in [1.165, 1.54) is 52.2 Å². The van der Waals surface area contributed by atoms with Crippen LogP contribution in [0.4, 0.5) is 0 Å². The summed E-state index contributed by atoms with van der Waals surface area (Å²) in [5.41, 5.74) is 8.40. The molecule has 5 aromatic heterocycles. The minimum absolute atomic E-state index is 0.650. The largest absolute Gasteiger partial charge is 0.276 e. The minimum atomic E-state index is 0.650. The molecule has 49 heavy (non-hydrogen) atoms. The smallest absolute Gasteiger partial charge is 0.235 e. The van der Waals surface area contributed by atoms with Crippen molar-refractivity contribution in [1.29, 1.82) is 0 Å². The highest BCUT2D eigenvalue weighted by Gasteiger charge is 2.26. The number of benzene rings is 6. The Morgan fingerprint density at radius 3 is 2.08 bits per heavy atom. The zero-order valence-electron chi connectivity index (χ0n) is 25.8. The van der Waals surface area contributed by atoms with Crippen LogP contribution in [0.2, 0.25) is 0 Å². The van der Waals surface area contributed by atoms with Gasteiger partial charge in [0.05, 0.1) is 37.2 Å². The van der Waals surface area contributed by atoms with Crippen LogP contribution in [-0.4, -0.2) is 24.5 Å². The van der Waals surface area contributed by atoms with Crippen LogP contribution in [0, 0.1) is 0 Å². The van der Waals surface area contributed by atoms with Crippen molar-refractivity contribution in [3.8, 4) is 28.3 Å². The Kier molecular flexibility index (Phi) is 5.64. The monoisotopic (exact) mass is 661 g/mol. The SMILES string of the molecule is c1ccc(-c2ccc(-c3nc(-n4c5ccccc5c5c6sc7ccccc7c6c6c7ncncc7sc6c54)nc4ccccc34)cc2)cc1. The van der Waals surface area contributed by atoms with Gasteiger partial charge in [-0.3, -0.25) is 4.57 Å². The lowest BCUT2D eigenvalue weighted by molar-refractivity contribution is 1.02. The van der Waals surface area contributed by atoms with Crippen LogP contribution in [-0.2, 0) is 0 Å². The number of fused-ring (bicyclic) bond motifs is 13. The van der Waals surface area contributed by atoms with Crippen LogP contribution in [0.1, 0.15) is 0 Å². The fourth-order valence-electron chi connectivity index (χ4n) is 7.44. The van der Waals surface area contributed by atoms with E-state index in [0.717, 1.165) is 43.4 Å². The molecule has 0 saturated heterocycles. The van der Waals surface area contributed by atoms with Crippen LogP contribution < -0.4 is 0 Å². The molecule has 228 valence electrons. The first-order chi connectivity index (χ1) is 24.3. The molecule has 0 bridgehead atoms. The lowest BCUT2D eigenvalue weighted by Gasteiger charge is -2.12.